The molecule has 0 fully saturated rings. The van der Waals surface area contributed by atoms with E-state index in [0.717, 1.165) is 5.56 Å². The molecule has 5 nitrogen and oxygen atoms in total. The molecule has 2 aromatic rings. The molecule has 0 saturated heterocycles. The number of aromatic nitrogens is 1. The lowest BCUT2D eigenvalue weighted by atomic mass is 10.2. The highest BCUT2D eigenvalue weighted by molar-refractivity contribution is 6.32. The van der Waals surface area contributed by atoms with Crippen LogP contribution in [0.4, 0.5) is 5.69 Å². The van der Waals surface area contributed by atoms with Crippen molar-refractivity contribution in [3.8, 4) is 5.75 Å². The molecule has 2 rings (SSSR count). The van der Waals surface area contributed by atoms with Crippen molar-refractivity contribution >= 4 is 17.3 Å². The Labute approximate surface area is 115 Å². The van der Waals surface area contributed by atoms with Gasteiger partial charge in [-0.2, -0.15) is 0 Å². The molecule has 0 aliphatic carbocycles. The van der Waals surface area contributed by atoms with Gasteiger partial charge in [0.15, 0.2) is 0 Å². The van der Waals surface area contributed by atoms with Gasteiger partial charge in [0.2, 0.25) is 0 Å². The number of pyridine rings is 1. The summed E-state index contributed by atoms with van der Waals surface area (Å²) in [6.45, 7) is 0.458. The molecule has 0 radical (unpaired) electrons. The average molecular weight is 279 g/mol. The number of benzene rings is 1. The van der Waals surface area contributed by atoms with Gasteiger partial charge in [0.25, 0.3) is 5.69 Å². The molecule has 98 valence electrons. The summed E-state index contributed by atoms with van der Waals surface area (Å²) in [7, 11) is 0. The van der Waals surface area contributed by atoms with Crippen molar-refractivity contribution in [3.63, 3.8) is 0 Å². The molecule has 0 bridgehead atoms. The third-order valence-electron chi connectivity index (χ3n) is 2.50. The number of ether oxygens (including phenoxy) is 1. The van der Waals surface area contributed by atoms with Crippen molar-refractivity contribution < 1.29 is 9.66 Å². The van der Waals surface area contributed by atoms with Crippen molar-refractivity contribution in [3.05, 3.63) is 63.4 Å². The van der Waals surface area contributed by atoms with E-state index in [2.05, 4.69) is 4.98 Å². The number of nitro benzene ring substituents is 1. The molecule has 0 amide bonds. The van der Waals surface area contributed by atoms with Crippen LogP contribution in [-0.4, -0.2) is 16.5 Å². The molecule has 1 aromatic carbocycles. The Balaban J connectivity index is 1.93. The highest BCUT2D eigenvalue weighted by Gasteiger charge is 2.12. The minimum Gasteiger partial charge on any atom is -0.493 e. The van der Waals surface area contributed by atoms with Gasteiger partial charge in [-0.3, -0.25) is 15.1 Å². The predicted molar refractivity (Wildman–Crippen MR) is 71.5 cm³/mol. The van der Waals surface area contributed by atoms with Crippen LogP contribution in [0, 0.1) is 10.1 Å². The van der Waals surface area contributed by atoms with Crippen LogP contribution < -0.4 is 4.74 Å². The second kappa shape index (κ2) is 6.15. The Hall–Kier alpha value is -2.14. The summed E-state index contributed by atoms with van der Waals surface area (Å²) in [6.07, 6.45) is 4.19. The molecule has 1 aromatic heterocycles. The van der Waals surface area contributed by atoms with Gasteiger partial charge in [0, 0.05) is 30.9 Å². The molecule has 0 unspecified atom stereocenters. The smallest absolute Gasteiger partial charge is 0.288 e. The maximum absolute atomic E-state index is 10.6. The van der Waals surface area contributed by atoms with Gasteiger partial charge in [-0.15, -0.1) is 0 Å². The maximum atomic E-state index is 10.6. The standard InChI is InChI=1S/C13H11ClN2O3/c14-12-8-11(3-4-13(12)16(17)18)19-7-5-10-2-1-6-15-9-10/h1-4,6,8-9H,5,7H2. The largest absolute Gasteiger partial charge is 0.493 e. The molecule has 0 spiro atoms. The van der Waals surface area contributed by atoms with E-state index >= 15 is 0 Å². The fraction of sp³-hybridized carbons (Fsp3) is 0.154. The lowest BCUT2D eigenvalue weighted by molar-refractivity contribution is -0.384. The van der Waals surface area contributed by atoms with Crippen LogP contribution in [0.5, 0.6) is 5.75 Å². The van der Waals surface area contributed by atoms with Crippen LogP contribution in [0.15, 0.2) is 42.7 Å². The molecule has 6 heteroatoms. The summed E-state index contributed by atoms with van der Waals surface area (Å²) in [6, 6.07) is 8.13. The van der Waals surface area contributed by atoms with Crippen molar-refractivity contribution in [2.45, 2.75) is 6.42 Å². The molecular formula is C13H11ClN2O3. The van der Waals surface area contributed by atoms with E-state index in [1.165, 1.54) is 18.2 Å². The fourth-order valence-corrected chi connectivity index (χ4v) is 1.80. The van der Waals surface area contributed by atoms with Gasteiger partial charge in [-0.25, -0.2) is 0 Å². The van der Waals surface area contributed by atoms with E-state index in [1.54, 1.807) is 12.4 Å². The van der Waals surface area contributed by atoms with Crippen LogP contribution in [-0.2, 0) is 6.42 Å². The molecule has 0 N–H and O–H groups in total. The van der Waals surface area contributed by atoms with Crippen LogP contribution >= 0.6 is 11.6 Å². The van der Waals surface area contributed by atoms with E-state index in [1.807, 2.05) is 12.1 Å². The minimum absolute atomic E-state index is 0.0730. The first kappa shape index (κ1) is 13.3. The monoisotopic (exact) mass is 278 g/mol. The van der Waals surface area contributed by atoms with Crippen LogP contribution in [0.2, 0.25) is 5.02 Å². The maximum Gasteiger partial charge on any atom is 0.288 e. The topological polar surface area (TPSA) is 65.3 Å². The molecule has 1 heterocycles. The Morgan fingerprint density at radius 3 is 2.84 bits per heavy atom. The molecule has 0 atom stereocenters. The number of nitro groups is 1. The third-order valence-corrected chi connectivity index (χ3v) is 2.80. The van der Waals surface area contributed by atoms with Gasteiger partial charge < -0.3 is 4.74 Å². The summed E-state index contributed by atoms with van der Waals surface area (Å²) in [4.78, 5) is 14.1. The number of nitrogens with zero attached hydrogens (tertiary/aromatic N) is 2. The summed E-state index contributed by atoms with van der Waals surface area (Å²) in [5.41, 5.74) is 0.941. The average Bonchev–Trinajstić information content (AvgIpc) is 2.39. The summed E-state index contributed by atoms with van der Waals surface area (Å²) < 4.78 is 5.49. The SMILES string of the molecule is O=[N+]([O-])c1ccc(OCCc2cccnc2)cc1Cl. The van der Waals surface area contributed by atoms with Crippen LogP contribution in [0.25, 0.3) is 0 Å². The molecule has 19 heavy (non-hydrogen) atoms. The summed E-state index contributed by atoms with van der Waals surface area (Å²) in [5.74, 6) is 0.513. The molecule has 0 aliphatic heterocycles. The van der Waals surface area contributed by atoms with E-state index in [9.17, 15) is 10.1 Å². The van der Waals surface area contributed by atoms with E-state index < -0.39 is 4.92 Å². The zero-order valence-electron chi connectivity index (χ0n) is 9.95. The van der Waals surface area contributed by atoms with Gasteiger partial charge in [0.05, 0.1) is 11.5 Å². The Kier molecular flexibility index (Phi) is 4.30. The second-order valence-electron chi connectivity index (χ2n) is 3.83. The van der Waals surface area contributed by atoms with Gasteiger partial charge in [-0.05, 0) is 17.7 Å². The number of hydrogen-bond donors (Lipinski definition) is 0. The van der Waals surface area contributed by atoms with Crippen LogP contribution in [0.1, 0.15) is 5.56 Å². The lowest BCUT2D eigenvalue weighted by Gasteiger charge is -2.06. The quantitative estimate of drug-likeness (QED) is 0.622. The zero-order valence-corrected chi connectivity index (χ0v) is 10.7. The lowest BCUT2D eigenvalue weighted by Crippen LogP contribution is -2.01. The Morgan fingerprint density at radius 1 is 1.37 bits per heavy atom. The normalized spacial score (nSPS) is 10.2. The second-order valence-corrected chi connectivity index (χ2v) is 4.24. The van der Waals surface area contributed by atoms with E-state index in [0.29, 0.717) is 18.8 Å². The highest BCUT2D eigenvalue weighted by atomic mass is 35.5. The molecular weight excluding hydrogens is 268 g/mol. The number of rotatable bonds is 5. The van der Waals surface area contributed by atoms with Gasteiger partial charge >= 0.3 is 0 Å². The third kappa shape index (κ3) is 3.66. The van der Waals surface area contributed by atoms with Crippen molar-refractivity contribution in [2.75, 3.05) is 6.61 Å². The van der Waals surface area contributed by atoms with Crippen molar-refractivity contribution in [1.82, 2.24) is 4.98 Å². The van der Waals surface area contributed by atoms with Crippen LogP contribution in [0.3, 0.4) is 0 Å². The highest BCUT2D eigenvalue weighted by Crippen LogP contribution is 2.28. The molecule has 0 aliphatic rings. The minimum atomic E-state index is -0.526. The first-order valence-corrected chi connectivity index (χ1v) is 6.00. The Morgan fingerprint density at radius 2 is 2.21 bits per heavy atom. The first-order valence-electron chi connectivity index (χ1n) is 5.62. The van der Waals surface area contributed by atoms with E-state index in [4.69, 9.17) is 16.3 Å². The zero-order chi connectivity index (χ0) is 13.7. The van der Waals surface area contributed by atoms with E-state index in [-0.39, 0.29) is 10.7 Å². The number of halogens is 1. The van der Waals surface area contributed by atoms with Crippen molar-refractivity contribution in [1.29, 1.82) is 0 Å². The molecule has 0 saturated carbocycles. The number of hydrogen-bond acceptors (Lipinski definition) is 4. The summed E-state index contributed by atoms with van der Waals surface area (Å²) >= 11 is 5.79. The van der Waals surface area contributed by atoms with Gasteiger partial charge in [-0.1, -0.05) is 17.7 Å². The summed E-state index contributed by atoms with van der Waals surface area (Å²) in [5, 5.41) is 10.7. The Bertz CT molecular complexity index is 575. The van der Waals surface area contributed by atoms with Crippen molar-refractivity contribution in [2.24, 2.45) is 0 Å². The predicted octanol–water partition coefficient (Wildman–Crippen LogP) is 3.26. The van der Waals surface area contributed by atoms with Gasteiger partial charge in [0.1, 0.15) is 10.8 Å². The fourth-order valence-electron chi connectivity index (χ4n) is 1.56. The first-order chi connectivity index (χ1) is 9.16.